The van der Waals surface area contributed by atoms with Gasteiger partial charge in [0.25, 0.3) is 10.1 Å². The molecule has 0 bridgehead atoms. The minimum absolute atomic E-state index is 0.251. The molecule has 2 unspecified atom stereocenters. The van der Waals surface area contributed by atoms with E-state index in [1.807, 2.05) is 0 Å². The molecule has 21 heavy (non-hydrogen) atoms. The van der Waals surface area contributed by atoms with E-state index in [9.17, 15) is 8.42 Å². The van der Waals surface area contributed by atoms with Gasteiger partial charge in [-0.05, 0) is 25.7 Å². The first-order valence-electron chi connectivity index (χ1n) is 8.56. The maximum Gasteiger partial charge on any atom is 0.267 e. The van der Waals surface area contributed by atoms with Crippen LogP contribution in [0, 0.1) is 0 Å². The molecule has 0 aromatic rings. The average molecular weight is 339 g/mol. The van der Waals surface area contributed by atoms with Gasteiger partial charge in [0.05, 0.1) is 5.25 Å². The molecule has 0 aliphatic rings. The fourth-order valence-corrected chi connectivity index (χ4v) is 3.79. The van der Waals surface area contributed by atoms with E-state index in [4.69, 9.17) is 4.55 Å². The maximum absolute atomic E-state index is 11.1. The van der Waals surface area contributed by atoms with Crippen molar-refractivity contribution < 1.29 is 13.0 Å². The van der Waals surface area contributed by atoms with Crippen molar-refractivity contribution >= 4 is 22.7 Å². The number of thiol groups is 1. The number of unbranched alkanes of at least 4 members (excludes halogenated alkanes) is 7. The topological polar surface area (TPSA) is 54.4 Å². The highest BCUT2D eigenvalue weighted by Gasteiger charge is 2.21. The average Bonchev–Trinajstić information content (AvgIpc) is 2.41. The van der Waals surface area contributed by atoms with Crippen molar-refractivity contribution in [3.8, 4) is 0 Å². The van der Waals surface area contributed by atoms with E-state index in [0.29, 0.717) is 12.8 Å². The second-order valence-corrected chi connectivity index (χ2v) is 8.47. The quantitative estimate of drug-likeness (QED) is 0.258. The highest BCUT2D eigenvalue weighted by atomic mass is 32.2. The van der Waals surface area contributed by atoms with Crippen LogP contribution in [-0.2, 0) is 10.1 Å². The fourth-order valence-electron chi connectivity index (χ4n) is 2.60. The van der Waals surface area contributed by atoms with Gasteiger partial charge in [-0.1, -0.05) is 65.2 Å². The molecular weight excluding hydrogens is 304 g/mol. The fraction of sp³-hybridized carbons (Fsp3) is 1.00. The molecule has 0 aliphatic heterocycles. The largest absolute Gasteiger partial charge is 0.285 e. The second kappa shape index (κ2) is 12.8. The van der Waals surface area contributed by atoms with Crippen LogP contribution in [0.5, 0.6) is 0 Å². The molecule has 0 rings (SSSR count). The maximum atomic E-state index is 11.1. The first-order valence-corrected chi connectivity index (χ1v) is 10.6. The van der Waals surface area contributed by atoms with E-state index < -0.39 is 15.4 Å². The van der Waals surface area contributed by atoms with E-state index in [0.717, 1.165) is 12.8 Å². The Morgan fingerprint density at radius 1 is 0.857 bits per heavy atom. The summed E-state index contributed by atoms with van der Waals surface area (Å²) in [5.74, 6) is 0. The Bertz CT molecular complexity index is 328. The summed E-state index contributed by atoms with van der Waals surface area (Å²) in [6.45, 7) is 4.03. The molecule has 5 heteroatoms. The van der Waals surface area contributed by atoms with Crippen molar-refractivity contribution in [2.45, 2.75) is 101 Å². The lowest BCUT2D eigenvalue weighted by Crippen LogP contribution is -2.20. The molecule has 2 atom stereocenters. The summed E-state index contributed by atoms with van der Waals surface area (Å²) in [5, 5.41) is -0.369. The minimum atomic E-state index is -3.88. The van der Waals surface area contributed by atoms with Crippen LogP contribution in [-0.4, -0.2) is 23.5 Å². The highest BCUT2D eigenvalue weighted by Crippen LogP contribution is 2.19. The first-order chi connectivity index (χ1) is 9.91. The van der Waals surface area contributed by atoms with Gasteiger partial charge in [-0.3, -0.25) is 4.55 Å². The summed E-state index contributed by atoms with van der Waals surface area (Å²) >= 11 is 4.53. The summed E-state index contributed by atoms with van der Waals surface area (Å²) in [6, 6.07) is 0. The third kappa shape index (κ3) is 12.5. The Morgan fingerprint density at radius 2 is 1.38 bits per heavy atom. The van der Waals surface area contributed by atoms with E-state index in [1.165, 1.54) is 51.4 Å². The summed E-state index contributed by atoms with van der Waals surface area (Å²) in [4.78, 5) is 0. The Morgan fingerprint density at radius 3 is 1.86 bits per heavy atom. The lowest BCUT2D eigenvalue weighted by Gasteiger charge is -2.15. The predicted octanol–water partition coefficient (Wildman–Crippen LogP) is 5.26. The number of rotatable bonds is 14. The molecule has 0 radical (unpaired) electrons. The van der Waals surface area contributed by atoms with Gasteiger partial charge in [0.15, 0.2) is 0 Å². The van der Waals surface area contributed by atoms with Crippen LogP contribution in [0.4, 0.5) is 0 Å². The summed E-state index contributed by atoms with van der Waals surface area (Å²) < 4.78 is 31.3. The Labute approximate surface area is 137 Å². The monoisotopic (exact) mass is 338 g/mol. The molecule has 0 saturated carbocycles. The molecule has 0 fully saturated rings. The predicted molar refractivity (Wildman–Crippen MR) is 94.9 cm³/mol. The summed E-state index contributed by atoms with van der Waals surface area (Å²) in [7, 11) is -3.88. The van der Waals surface area contributed by atoms with Gasteiger partial charge >= 0.3 is 0 Å². The molecule has 3 nitrogen and oxygen atoms in total. The SMILES string of the molecule is CCCCCCCCCCC(S)CCC(CC)S(=O)(=O)O. The van der Waals surface area contributed by atoms with Crippen LogP contribution < -0.4 is 0 Å². The Kier molecular flexibility index (Phi) is 12.9. The summed E-state index contributed by atoms with van der Waals surface area (Å²) in [5.41, 5.74) is 0. The van der Waals surface area contributed by atoms with E-state index in [-0.39, 0.29) is 5.25 Å². The minimum Gasteiger partial charge on any atom is -0.285 e. The molecule has 128 valence electrons. The lowest BCUT2D eigenvalue weighted by molar-refractivity contribution is 0.453. The molecule has 0 aromatic carbocycles. The molecule has 0 spiro atoms. The number of hydrogen-bond donors (Lipinski definition) is 2. The third-order valence-electron chi connectivity index (χ3n) is 4.09. The van der Waals surface area contributed by atoms with Crippen LogP contribution in [0.25, 0.3) is 0 Å². The van der Waals surface area contributed by atoms with Crippen molar-refractivity contribution in [1.29, 1.82) is 0 Å². The van der Waals surface area contributed by atoms with Gasteiger partial charge in [0, 0.05) is 5.25 Å². The number of hydrogen-bond acceptors (Lipinski definition) is 3. The Balaban J connectivity index is 3.56. The van der Waals surface area contributed by atoms with Crippen molar-refractivity contribution in [2.75, 3.05) is 0 Å². The molecule has 0 aliphatic carbocycles. The van der Waals surface area contributed by atoms with Crippen molar-refractivity contribution in [3.63, 3.8) is 0 Å². The molecule has 0 heterocycles. The smallest absolute Gasteiger partial charge is 0.267 e. The van der Waals surface area contributed by atoms with Crippen LogP contribution >= 0.6 is 12.6 Å². The van der Waals surface area contributed by atoms with Gasteiger partial charge in [-0.2, -0.15) is 21.0 Å². The molecule has 0 aromatic heterocycles. The molecule has 1 N–H and O–H groups in total. The van der Waals surface area contributed by atoms with Crippen LogP contribution in [0.1, 0.15) is 90.9 Å². The third-order valence-corrected chi connectivity index (χ3v) is 6.02. The van der Waals surface area contributed by atoms with Crippen molar-refractivity contribution in [1.82, 2.24) is 0 Å². The van der Waals surface area contributed by atoms with E-state index in [2.05, 4.69) is 19.6 Å². The Hall–Kier alpha value is 0.260. The van der Waals surface area contributed by atoms with Crippen LogP contribution in [0.3, 0.4) is 0 Å². The van der Waals surface area contributed by atoms with Gasteiger partial charge in [0.1, 0.15) is 0 Å². The van der Waals surface area contributed by atoms with E-state index >= 15 is 0 Å². The summed E-state index contributed by atoms with van der Waals surface area (Å²) in [6.07, 6.45) is 13.2. The second-order valence-electron chi connectivity index (χ2n) is 6.04. The zero-order valence-corrected chi connectivity index (χ0v) is 15.5. The van der Waals surface area contributed by atoms with E-state index in [1.54, 1.807) is 6.92 Å². The molecule has 0 saturated heterocycles. The zero-order valence-electron chi connectivity index (χ0n) is 13.8. The zero-order chi connectivity index (χ0) is 16.1. The van der Waals surface area contributed by atoms with Gasteiger partial charge < -0.3 is 0 Å². The van der Waals surface area contributed by atoms with Gasteiger partial charge in [0.2, 0.25) is 0 Å². The molecule has 0 amide bonds. The molecular formula is C16H34O3S2. The standard InChI is InChI=1S/C16H34O3S2/c1-3-5-6-7-8-9-10-11-12-15(20)13-14-16(4-2)21(17,18)19/h15-16,20H,3-14H2,1-2H3,(H,17,18,19). The van der Waals surface area contributed by atoms with Crippen molar-refractivity contribution in [3.05, 3.63) is 0 Å². The van der Waals surface area contributed by atoms with Gasteiger partial charge in [-0.25, -0.2) is 0 Å². The normalized spacial score (nSPS) is 15.0. The van der Waals surface area contributed by atoms with Crippen molar-refractivity contribution in [2.24, 2.45) is 0 Å². The van der Waals surface area contributed by atoms with Crippen LogP contribution in [0.15, 0.2) is 0 Å². The highest BCUT2D eigenvalue weighted by molar-refractivity contribution is 7.86. The lowest BCUT2D eigenvalue weighted by atomic mass is 10.0. The van der Waals surface area contributed by atoms with Gasteiger partial charge in [-0.15, -0.1) is 0 Å². The van der Waals surface area contributed by atoms with Crippen LogP contribution in [0.2, 0.25) is 0 Å². The first kappa shape index (κ1) is 21.3.